The average molecular weight is 436 g/mol. The highest BCUT2D eigenvalue weighted by Gasteiger charge is 2.18. The summed E-state index contributed by atoms with van der Waals surface area (Å²) < 4.78 is 5.11. The second-order valence-corrected chi connectivity index (χ2v) is 7.80. The van der Waals surface area contributed by atoms with E-state index in [0.29, 0.717) is 18.7 Å². The first-order valence-electron chi connectivity index (χ1n) is 10.7. The van der Waals surface area contributed by atoms with Crippen LogP contribution >= 0.6 is 0 Å². The van der Waals surface area contributed by atoms with Gasteiger partial charge in [-0.1, -0.05) is 24.3 Å². The number of rotatable bonds is 8. The summed E-state index contributed by atoms with van der Waals surface area (Å²) >= 11 is 0. The normalized spacial score (nSPS) is 14.8. The summed E-state index contributed by atoms with van der Waals surface area (Å²) in [5, 5.41) is 5.49. The monoisotopic (exact) mass is 435 g/mol. The molecule has 7 heteroatoms. The topological polar surface area (TPSA) is 87.7 Å². The van der Waals surface area contributed by atoms with Crippen molar-refractivity contribution in [3.05, 3.63) is 65.7 Å². The molecule has 1 aliphatic rings. The molecule has 1 saturated heterocycles. The van der Waals surface area contributed by atoms with Gasteiger partial charge >= 0.3 is 0 Å². The number of piperidine rings is 1. The van der Waals surface area contributed by atoms with Crippen LogP contribution in [-0.4, -0.2) is 42.3 Å². The van der Waals surface area contributed by atoms with Crippen LogP contribution in [0.25, 0.3) is 6.08 Å². The van der Waals surface area contributed by atoms with Gasteiger partial charge in [-0.2, -0.15) is 0 Å². The fourth-order valence-corrected chi connectivity index (χ4v) is 3.46. The van der Waals surface area contributed by atoms with Crippen molar-refractivity contribution in [2.45, 2.75) is 38.8 Å². The Kier molecular flexibility index (Phi) is 8.02. The van der Waals surface area contributed by atoms with E-state index >= 15 is 0 Å². The molecule has 1 atom stereocenters. The Hall–Kier alpha value is -3.61. The third-order valence-electron chi connectivity index (χ3n) is 5.28. The van der Waals surface area contributed by atoms with Crippen LogP contribution < -0.4 is 15.4 Å². The van der Waals surface area contributed by atoms with Crippen molar-refractivity contribution >= 4 is 29.5 Å². The molecule has 0 saturated carbocycles. The molecular weight excluding hydrogens is 406 g/mol. The number of hydrogen-bond acceptors (Lipinski definition) is 4. The standard InChI is InChI=1S/C25H29N3O4/c1-18(26-23(29)14-11-19-9-12-22(32-2)13-10-19)25(31)27-21-7-5-6-20(16-21)17-28-15-4-3-8-24(28)30/h5-7,9-14,16,18H,3-4,8,15,17H2,1-2H3,(H,26,29)(H,27,31)/b14-11+. The van der Waals surface area contributed by atoms with Gasteiger partial charge in [-0.15, -0.1) is 0 Å². The van der Waals surface area contributed by atoms with E-state index in [1.165, 1.54) is 6.08 Å². The molecule has 3 amide bonds. The number of methoxy groups -OCH3 is 1. The molecule has 2 N–H and O–H groups in total. The number of nitrogens with zero attached hydrogens (tertiary/aromatic N) is 1. The number of carbonyl (C=O) groups is 3. The zero-order chi connectivity index (χ0) is 22.9. The summed E-state index contributed by atoms with van der Waals surface area (Å²) in [7, 11) is 1.59. The van der Waals surface area contributed by atoms with Gasteiger partial charge in [-0.25, -0.2) is 0 Å². The van der Waals surface area contributed by atoms with Crippen molar-refractivity contribution in [3.63, 3.8) is 0 Å². The van der Waals surface area contributed by atoms with Crippen molar-refractivity contribution in [1.82, 2.24) is 10.2 Å². The third-order valence-corrected chi connectivity index (χ3v) is 5.28. The van der Waals surface area contributed by atoms with Gasteiger partial charge in [0.25, 0.3) is 0 Å². The minimum absolute atomic E-state index is 0.171. The maximum atomic E-state index is 12.5. The van der Waals surface area contributed by atoms with E-state index in [2.05, 4.69) is 10.6 Å². The predicted octanol–water partition coefficient (Wildman–Crippen LogP) is 3.36. The smallest absolute Gasteiger partial charge is 0.246 e. The zero-order valence-electron chi connectivity index (χ0n) is 18.5. The summed E-state index contributed by atoms with van der Waals surface area (Å²) in [4.78, 5) is 38.6. The van der Waals surface area contributed by atoms with Crippen molar-refractivity contribution < 1.29 is 19.1 Å². The van der Waals surface area contributed by atoms with Gasteiger partial charge in [0.2, 0.25) is 17.7 Å². The molecule has 3 rings (SSSR count). The van der Waals surface area contributed by atoms with Crippen LogP contribution in [-0.2, 0) is 20.9 Å². The Labute approximate surface area is 188 Å². The van der Waals surface area contributed by atoms with Crippen molar-refractivity contribution in [2.75, 3.05) is 19.0 Å². The Balaban J connectivity index is 1.51. The molecule has 1 fully saturated rings. The number of ether oxygens (including phenoxy) is 1. The molecule has 168 valence electrons. The van der Waals surface area contributed by atoms with E-state index < -0.39 is 6.04 Å². The predicted molar refractivity (Wildman–Crippen MR) is 124 cm³/mol. The minimum Gasteiger partial charge on any atom is -0.497 e. The molecule has 0 spiro atoms. The van der Waals surface area contributed by atoms with E-state index in [1.54, 1.807) is 26.2 Å². The summed E-state index contributed by atoms with van der Waals surface area (Å²) in [5.74, 6) is 0.233. The Morgan fingerprint density at radius 3 is 2.66 bits per heavy atom. The van der Waals surface area contributed by atoms with Gasteiger partial charge in [-0.05, 0) is 61.2 Å². The van der Waals surface area contributed by atoms with Crippen LogP contribution in [0.1, 0.15) is 37.3 Å². The van der Waals surface area contributed by atoms with E-state index in [0.717, 1.165) is 36.3 Å². The molecule has 0 radical (unpaired) electrons. The summed E-state index contributed by atoms with van der Waals surface area (Å²) in [6.45, 7) is 2.93. The molecule has 1 heterocycles. The van der Waals surface area contributed by atoms with Gasteiger partial charge in [0.1, 0.15) is 11.8 Å². The molecule has 0 aliphatic carbocycles. The molecular formula is C25H29N3O4. The molecule has 1 unspecified atom stereocenters. The van der Waals surface area contributed by atoms with Gasteiger partial charge < -0.3 is 20.3 Å². The Bertz CT molecular complexity index is 985. The van der Waals surface area contributed by atoms with E-state index in [9.17, 15) is 14.4 Å². The lowest BCUT2D eigenvalue weighted by Crippen LogP contribution is -2.40. The largest absolute Gasteiger partial charge is 0.497 e. The van der Waals surface area contributed by atoms with Crippen LogP contribution in [0, 0.1) is 0 Å². The molecule has 0 aromatic heterocycles. The molecule has 7 nitrogen and oxygen atoms in total. The lowest BCUT2D eigenvalue weighted by Gasteiger charge is -2.27. The van der Waals surface area contributed by atoms with Crippen molar-refractivity contribution in [2.24, 2.45) is 0 Å². The van der Waals surface area contributed by atoms with E-state index in [1.807, 2.05) is 47.4 Å². The number of anilines is 1. The summed E-state index contributed by atoms with van der Waals surface area (Å²) in [6.07, 6.45) is 5.63. The highest BCUT2D eigenvalue weighted by molar-refractivity contribution is 5.99. The SMILES string of the molecule is COc1ccc(/C=C/C(=O)NC(C)C(=O)Nc2cccc(CN3CCCCC3=O)c2)cc1. The highest BCUT2D eigenvalue weighted by atomic mass is 16.5. The van der Waals surface area contributed by atoms with Gasteiger partial charge in [0.05, 0.1) is 7.11 Å². The van der Waals surface area contributed by atoms with Crippen molar-refractivity contribution in [1.29, 1.82) is 0 Å². The molecule has 0 bridgehead atoms. The number of hydrogen-bond donors (Lipinski definition) is 2. The minimum atomic E-state index is -0.713. The zero-order valence-corrected chi connectivity index (χ0v) is 18.5. The summed E-state index contributed by atoms with van der Waals surface area (Å²) in [6, 6.07) is 14.0. The first-order chi connectivity index (χ1) is 15.4. The molecule has 1 aliphatic heterocycles. The van der Waals surface area contributed by atoms with Crippen LogP contribution in [0.2, 0.25) is 0 Å². The third kappa shape index (κ3) is 6.70. The average Bonchev–Trinajstić information content (AvgIpc) is 2.80. The van der Waals surface area contributed by atoms with E-state index in [-0.39, 0.29) is 17.7 Å². The number of carbonyl (C=O) groups excluding carboxylic acids is 3. The maximum Gasteiger partial charge on any atom is 0.246 e. The summed E-state index contributed by atoms with van der Waals surface area (Å²) in [5.41, 5.74) is 2.44. The number of amides is 3. The van der Waals surface area contributed by atoms with E-state index in [4.69, 9.17) is 4.74 Å². The molecule has 32 heavy (non-hydrogen) atoms. The Morgan fingerprint density at radius 2 is 1.94 bits per heavy atom. The fraction of sp³-hybridized carbons (Fsp3) is 0.320. The second-order valence-electron chi connectivity index (χ2n) is 7.80. The Morgan fingerprint density at radius 1 is 1.16 bits per heavy atom. The first-order valence-corrected chi connectivity index (χ1v) is 10.7. The first kappa shape index (κ1) is 23.1. The van der Waals surface area contributed by atoms with Crippen molar-refractivity contribution in [3.8, 4) is 5.75 Å². The lowest BCUT2D eigenvalue weighted by atomic mass is 10.1. The molecule has 2 aromatic rings. The van der Waals surface area contributed by atoms with Crippen LogP contribution in [0.3, 0.4) is 0 Å². The van der Waals surface area contributed by atoms with Crippen LogP contribution in [0.15, 0.2) is 54.6 Å². The number of likely N-dealkylation sites (tertiary alicyclic amines) is 1. The molecule has 2 aromatic carbocycles. The van der Waals surface area contributed by atoms with Crippen LogP contribution in [0.4, 0.5) is 5.69 Å². The fourth-order valence-electron chi connectivity index (χ4n) is 3.46. The second kappa shape index (κ2) is 11.1. The quantitative estimate of drug-likeness (QED) is 0.623. The maximum absolute atomic E-state index is 12.5. The van der Waals surface area contributed by atoms with Gasteiger partial charge in [-0.3, -0.25) is 14.4 Å². The number of nitrogens with one attached hydrogen (secondary N) is 2. The van der Waals surface area contributed by atoms with Crippen LogP contribution in [0.5, 0.6) is 5.75 Å². The van der Waals surface area contributed by atoms with Gasteiger partial charge in [0.15, 0.2) is 0 Å². The lowest BCUT2D eigenvalue weighted by molar-refractivity contribution is -0.133. The highest BCUT2D eigenvalue weighted by Crippen LogP contribution is 2.17. The van der Waals surface area contributed by atoms with Gasteiger partial charge in [0, 0.05) is 31.3 Å². The number of benzene rings is 2.